The van der Waals surface area contributed by atoms with Crippen LogP contribution in [0.2, 0.25) is 0 Å². The molecule has 2 aromatic carbocycles. The Labute approximate surface area is 196 Å². The first-order chi connectivity index (χ1) is 14.9. The molecule has 0 aromatic heterocycles. The fourth-order valence-electron chi connectivity index (χ4n) is 4.09. The number of amides is 2. The topological polar surface area (TPSA) is 80.8 Å². The van der Waals surface area contributed by atoms with Crippen LogP contribution in [0.25, 0.3) is 0 Å². The van der Waals surface area contributed by atoms with E-state index in [1.54, 1.807) is 48.5 Å². The number of carbonyl (C=O) groups excluding carboxylic acids is 4. The summed E-state index contributed by atoms with van der Waals surface area (Å²) in [4.78, 5) is 52.5. The van der Waals surface area contributed by atoms with Crippen LogP contribution in [0, 0.1) is 11.8 Å². The molecule has 1 heterocycles. The number of hydrogen-bond donors (Lipinski definition) is 0. The molecule has 0 bridgehead atoms. The normalized spacial score (nSPS) is 25.3. The Morgan fingerprint density at radius 2 is 1.42 bits per heavy atom. The zero-order chi connectivity index (χ0) is 22.1. The van der Waals surface area contributed by atoms with Gasteiger partial charge in [-0.3, -0.25) is 14.4 Å². The summed E-state index contributed by atoms with van der Waals surface area (Å²) in [5.74, 6) is -2.55. The van der Waals surface area contributed by atoms with Crippen molar-refractivity contribution in [2.75, 3.05) is 11.5 Å². The molecule has 1 saturated heterocycles. The molecule has 2 aromatic rings. The number of halogens is 2. The van der Waals surface area contributed by atoms with Gasteiger partial charge in [0.15, 0.2) is 12.4 Å². The Hall–Kier alpha value is -2.32. The third-order valence-electron chi connectivity index (χ3n) is 5.71. The molecule has 1 aliphatic heterocycles. The molecular formula is C23H19Br2NO5. The Morgan fingerprint density at radius 3 is 2.03 bits per heavy atom. The minimum absolute atomic E-state index is 0.0782. The van der Waals surface area contributed by atoms with Crippen LogP contribution in [-0.4, -0.2) is 39.8 Å². The quantitative estimate of drug-likeness (QED) is 0.243. The van der Waals surface area contributed by atoms with Gasteiger partial charge in [0.1, 0.15) is 0 Å². The molecule has 2 aliphatic rings. The molecule has 160 valence electrons. The average molecular weight is 549 g/mol. The van der Waals surface area contributed by atoms with E-state index in [0.29, 0.717) is 18.4 Å². The first-order valence-corrected chi connectivity index (χ1v) is 11.7. The number of alkyl halides is 2. The number of carbonyl (C=O) groups is 4. The van der Waals surface area contributed by atoms with Crippen LogP contribution in [0.1, 0.15) is 33.6 Å². The molecule has 4 atom stereocenters. The van der Waals surface area contributed by atoms with E-state index in [1.165, 1.54) is 6.07 Å². The summed E-state index contributed by atoms with van der Waals surface area (Å²) < 4.78 is 5.22. The molecule has 1 saturated carbocycles. The lowest BCUT2D eigenvalue weighted by Gasteiger charge is -2.29. The molecule has 4 rings (SSSR count). The number of Topliss-reactive ketones (excluding diaryl/α,β-unsaturated/α-hetero) is 1. The van der Waals surface area contributed by atoms with Crippen LogP contribution in [0.5, 0.6) is 0 Å². The smallest absolute Gasteiger partial charge is 0.340 e. The number of rotatable bonds is 5. The minimum atomic E-state index is -0.757. The Kier molecular flexibility index (Phi) is 6.39. The highest BCUT2D eigenvalue weighted by Crippen LogP contribution is 2.44. The van der Waals surface area contributed by atoms with E-state index < -0.39 is 24.4 Å². The van der Waals surface area contributed by atoms with Gasteiger partial charge in [-0.05, 0) is 25.0 Å². The van der Waals surface area contributed by atoms with Crippen molar-refractivity contribution < 1.29 is 23.9 Å². The highest BCUT2D eigenvalue weighted by Gasteiger charge is 2.52. The van der Waals surface area contributed by atoms with Crippen molar-refractivity contribution in [3.63, 3.8) is 0 Å². The molecule has 0 N–H and O–H groups in total. The first kappa shape index (κ1) is 21.9. The highest BCUT2D eigenvalue weighted by molar-refractivity contribution is 9.12. The standard InChI is InChI=1S/C23H19Br2NO5/c24-17-10-15-16(11-18(17)25)22(29)26(21(15)28)19-9-5-4-8-14(19)23(30)31-12-20(27)13-6-2-1-3-7-13/h1-9,15-18H,10-12H2/t15-,16+,17-,18-/m1/s1. The molecule has 8 heteroatoms. The first-order valence-electron chi connectivity index (χ1n) is 9.89. The largest absolute Gasteiger partial charge is 0.454 e. The van der Waals surface area contributed by atoms with Gasteiger partial charge in [-0.2, -0.15) is 0 Å². The Morgan fingerprint density at radius 1 is 0.871 bits per heavy atom. The summed E-state index contributed by atoms with van der Waals surface area (Å²) >= 11 is 7.14. The molecule has 1 aliphatic carbocycles. The van der Waals surface area contributed by atoms with Crippen LogP contribution < -0.4 is 4.90 Å². The number of anilines is 1. The van der Waals surface area contributed by atoms with Crippen molar-refractivity contribution >= 4 is 61.1 Å². The van der Waals surface area contributed by atoms with Gasteiger partial charge in [0.25, 0.3) is 0 Å². The number of nitrogens with zero attached hydrogens (tertiary/aromatic N) is 1. The van der Waals surface area contributed by atoms with Gasteiger partial charge >= 0.3 is 5.97 Å². The summed E-state index contributed by atoms with van der Waals surface area (Å²) in [6.45, 7) is -0.430. The number of benzene rings is 2. The zero-order valence-corrected chi connectivity index (χ0v) is 19.5. The van der Waals surface area contributed by atoms with E-state index in [0.717, 1.165) is 4.90 Å². The van der Waals surface area contributed by atoms with Gasteiger partial charge in [0.2, 0.25) is 11.8 Å². The average Bonchev–Trinajstić information content (AvgIpc) is 3.02. The van der Waals surface area contributed by atoms with Crippen LogP contribution in [-0.2, 0) is 14.3 Å². The molecule has 6 nitrogen and oxygen atoms in total. The fraction of sp³-hybridized carbons (Fsp3) is 0.304. The molecule has 2 fully saturated rings. The molecule has 2 amide bonds. The number of fused-ring (bicyclic) bond motifs is 1. The number of esters is 1. The van der Waals surface area contributed by atoms with E-state index in [4.69, 9.17) is 4.74 Å². The number of ether oxygens (including phenoxy) is 1. The van der Waals surface area contributed by atoms with Gasteiger partial charge in [0, 0.05) is 15.2 Å². The van der Waals surface area contributed by atoms with Crippen LogP contribution in [0.4, 0.5) is 5.69 Å². The minimum Gasteiger partial charge on any atom is -0.454 e. The molecule has 31 heavy (non-hydrogen) atoms. The molecule has 0 radical (unpaired) electrons. The van der Waals surface area contributed by atoms with E-state index in [-0.39, 0.29) is 38.5 Å². The summed E-state index contributed by atoms with van der Waals surface area (Å²) in [6, 6.07) is 14.9. The lowest BCUT2D eigenvalue weighted by molar-refractivity contribution is -0.122. The second-order valence-electron chi connectivity index (χ2n) is 7.61. The predicted octanol–water partition coefficient (Wildman–Crippen LogP) is 4.15. The Bertz CT molecular complexity index is 1010. The predicted molar refractivity (Wildman–Crippen MR) is 122 cm³/mol. The van der Waals surface area contributed by atoms with E-state index in [1.807, 2.05) is 0 Å². The van der Waals surface area contributed by atoms with Crippen molar-refractivity contribution in [2.45, 2.75) is 22.5 Å². The maximum atomic E-state index is 13.1. The third-order valence-corrected chi connectivity index (χ3v) is 8.44. The lowest BCUT2D eigenvalue weighted by Crippen LogP contribution is -2.34. The Balaban J connectivity index is 1.55. The van der Waals surface area contributed by atoms with E-state index >= 15 is 0 Å². The van der Waals surface area contributed by atoms with Crippen molar-refractivity contribution in [2.24, 2.45) is 11.8 Å². The number of para-hydroxylation sites is 1. The van der Waals surface area contributed by atoms with Gasteiger partial charge in [0.05, 0.1) is 23.1 Å². The second kappa shape index (κ2) is 9.04. The molecule has 0 unspecified atom stereocenters. The summed E-state index contributed by atoms with van der Waals surface area (Å²) in [5.41, 5.74) is 0.710. The van der Waals surface area contributed by atoms with E-state index in [2.05, 4.69) is 31.9 Å². The van der Waals surface area contributed by atoms with E-state index in [9.17, 15) is 19.2 Å². The van der Waals surface area contributed by atoms with Crippen LogP contribution in [0.3, 0.4) is 0 Å². The number of ketones is 1. The van der Waals surface area contributed by atoms with Crippen molar-refractivity contribution in [1.29, 1.82) is 0 Å². The van der Waals surface area contributed by atoms with Crippen LogP contribution in [0.15, 0.2) is 54.6 Å². The zero-order valence-electron chi connectivity index (χ0n) is 16.4. The summed E-state index contributed by atoms with van der Waals surface area (Å²) in [6.07, 6.45) is 1.08. The third kappa shape index (κ3) is 4.23. The lowest BCUT2D eigenvalue weighted by atomic mass is 9.81. The fourth-order valence-corrected chi connectivity index (χ4v) is 5.33. The number of hydrogen-bond acceptors (Lipinski definition) is 5. The maximum Gasteiger partial charge on any atom is 0.340 e. The van der Waals surface area contributed by atoms with Crippen molar-refractivity contribution in [3.05, 3.63) is 65.7 Å². The van der Waals surface area contributed by atoms with Crippen LogP contribution >= 0.6 is 31.9 Å². The molecule has 0 spiro atoms. The molecular weight excluding hydrogens is 530 g/mol. The SMILES string of the molecule is O=C(COC(=O)c1ccccc1N1C(=O)[C@H]2C[C@@H](Br)[C@H](Br)C[C@H]2C1=O)c1ccccc1. The van der Waals surface area contributed by atoms with Gasteiger partial charge in [-0.15, -0.1) is 0 Å². The maximum absolute atomic E-state index is 13.1. The second-order valence-corrected chi connectivity index (χ2v) is 9.96. The van der Waals surface area contributed by atoms with Crippen molar-refractivity contribution in [3.8, 4) is 0 Å². The summed E-state index contributed by atoms with van der Waals surface area (Å²) in [7, 11) is 0. The highest BCUT2D eigenvalue weighted by atomic mass is 79.9. The number of imide groups is 1. The van der Waals surface area contributed by atoms with Crippen molar-refractivity contribution in [1.82, 2.24) is 0 Å². The van der Waals surface area contributed by atoms with Gasteiger partial charge < -0.3 is 4.74 Å². The monoisotopic (exact) mass is 547 g/mol. The van der Waals surface area contributed by atoms with Gasteiger partial charge in [-0.1, -0.05) is 74.3 Å². The van der Waals surface area contributed by atoms with Gasteiger partial charge in [-0.25, -0.2) is 9.69 Å². The summed E-state index contributed by atoms with van der Waals surface area (Å²) in [5, 5.41) is 0.